The van der Waals surface area contributed by atoms with E-state index in [-0.39, 0.29) is 26.5 Å². The average Bonchev–Trinajstić information content (AvgIpc) is 4.37. The molecule has 0 radical (unpaired) electrons. The molecule has 15 aromatic rings. The van der Waals surface area contributed by atoms with Crippen LogP contribution in [0.5, 0.6) is 11.5 Å². The Morgan fingerprint density at radius 3 is 1.84 bits per heavy atom. The van der Waals surface area contributed by atoms with Crippen LogP contribution in [0, 0.1) is 18.5 Å². The zero-order valence-corrected chi connectivity index (χ0v) is 43.8. The van der Waals surface area contributed by atoms with E-state index in [4.69, 9.17) is 19.7 Å². The molecule has 10 heteroatoms. The second kappa shape index (κ2) is 17.5. The van der Waals surface area contributed by atoms with Crippen LogP contribution in [0.1, 0.15) is 26.3 Å². The molecule has 366 valence electrons. The molecule has 0 saturated heterocycles. The minimum atomic E-state index is -0.0660. The summed E-state index contributed by atoms with van der Waals surface area (Å²) in [5.74, 6) is 2.57. The maximum Gasteiger partial charge on any atom is 0.268 e. The number of hydrogen-bond acceptors (Lipinski definition) is 4. The van der Waals surface area contributed by atoms with E-state index in [0.717, 1.165) is 105 Å². The standard InChI is InChI=1S/C66H44N8O.Pt/c1-66(2,3)44-36-37-67-61(38-44)72-54-28-13-10-22-49(54)50-34-32-45(39-59(50)72)75-46-33-35-57-60(40-46)71-41-70(62-47(42-18-6-4-7-19-42)23-16-24-48(62)43-20-8-5-9-21-43)58-31-17-25-51(63(58)71)64-68-52-26-11-15-30-56(52)74(64)65-69-53-27-12-14-29-55(53)73(57)65;/h4-38H,1-3H3;/q-2;. The first kappa shape index (κ1) is 45.4. The van der Waals surface area contributed by atoms with Gasteiger partial charge in [-0.15, -0.1) is 35.7 Å². The van der Waals surface area contributed by atoms with Crippen LogP contribution in [-0.4, -0.2) is 32.7 Å². The van der Waals surface area contributed by atoms with Crippen molar-refractivity contribution >= 4 is 82.8 Å². The fraction of sp³-hybridized carbons (Fsp3) is 0.0606. The van der Waals surface area contributed by atoms with Gasteiger partial charge in [0, 0.05) is 49.7 Å². The Bertz CT molecular complexity index is 4790. The maximum atomic E-state index is 6.99. The molecular weight excluding hydrogens is 1120 g/mol. The van der Waals surface area contributed by atoms with Gasteiger partial charge in [-0.3, -0.25) is 8.97 Å². The topological polar surface area (TPSA) is 69.9 Å². The summed E-state index contributed by atoms with van der Waals surface area (Å²) in [6.45, 7) is 6.68. The third-order valence-electron chi connectivity index (χ3n) is 14.6. The van der Waals surface area contributed by atoms with Crippen LogP contribution in [0.25, 0.3) is 117 Å². The Balaban J connectivity index is 0.00000528. The number of rotatable bonds is 6. The molecule has 0 aliphatic carbocycles. The maximum absolute atomic E-state index is 6.99. The Kier molecular flexibility index (Phi) is 10.4. The smallest absolute Gasteiger partial charge is 0.268 e. The molecule has 6 aromatic heterocycles. The Labute approximate surface area is 451 Å². The Morgan fingerprint density at radius 2 is 1.12 bits per heavy atom. The normalized spacial score (nSPS) is 12.0. The molecule has 9 aromatic carbocycles. The summed E-state index contributed by atoms with van der Waals surface area (Å²) in [6, 6.07) is 79.2. The van der Waals surface area contributed by atoms with Crippen molar-refractivity contribution in [2.45, 2.75) is 26.2 Å². The first-order valence-corrected chi connectivity index (χ1v) is 25.2. The van der Waals surface area contributed by atoms with E-state index in [1.807, 2.05) is 30.5 Å². The monoisotopic (exact) mass is 1160 g/mol. The van der Waals surface area contributed by atoms with Crippen molar-refractivity contribution in [1.29, 1.82) is 0 Å². The van der Waals surface area contributed by atoms with Crippen molar-refractivity contribution < 1.29 is 30.4 Å². The SMILES string of the molecule is CC(C)(C)c1ccnc(-n2c3[c-]c(Oc4[c-]c5c(cc4)n4c6ccccc6nc4n4c6ccccc6nc4c4cccc6c4n5[c-][n+]6-c4c(-c5ccccc5)cccc4-c4ccccc4)ccc3c3ccccc32)c1.[Pt]. The molecule has 0 atom stereocenters. The van der Waals surface area contributed by atoms with E-state index in [0.29, 0.717) is 22.8 Å². The number of pyridine rings is 1. The molecular formula is C66H44N8OPt-2. The van der Waals surface area contributed by atoms with Crippen molar-refractivity contribution in [3.63, 3.8) is 0 Å². The van der Waals surface area contributed by atoms with Gasteiger partial charge in [-0.05, 0) is 92.1 Å². The number of nitrogens with zero attached hydrogens (tertiary/aromatic N) is 8. The summed E-state index contributed by atoms with van der Waals surface area (Å²) in [4.78, 5) is 15.8. The van der Waals surface area contributed by atoms with Crippen LogP contribution in [0.4, 0.5) is 0 Å². The Morgan fingerprint density at radius 1 is 0.513 bits per heavy atom. The third-order valence-corrected chi connectivity index (χ3v) is 14.6. The second-order valence-corrected chi connectivity index (χ2v) is 20.1. The van der Waals surface area contributed by atoms with E-state index >= 15 is 0 Å². The fourth-order valence-corrected chi connectivity index (χ4v) is 11.1. The minimum Gasteiger partial charge on any atom is -0.510 e. The van der Waals surface area contributed by atoms with Gasteiger partial charge in [-0.1, -0.05) is 166 Å². The summed E-state index contributed by atoms with van der Waals surface area (Å²) in [7, 11) is 0. The van der Waals surface area contributed by atoms with Crippen molar-refractivity contribution in [3.05, 3.63) is 236 Å². The molecule has 76 heavy (non-hydrogen) atoms. The summed E-state index contributed by atoms with van der Waals surface area (Å²) >= 11 is 0. The molecule has 9 nitrogen and oxygen atoms in total. The van der Waals surface area contributed by atoms with Gasteiger partial charge in [-0.2, -0.15) is 6.07 Å². The van der Waals surface area contributed by atoms with Gasteiger partial charge in [0.1, 0.15) is 11.5 Å². The average molecular weight is 1160 g/mol. The molecule has 0 amide bonds. The number of fused-ring (bicyclic) bond motifs is 14. The largest absolute Gasteiger partial charge is 0.510 e. The summed E-state index contributed by atoms with van der Waals surface area (Å²) in [6.07, 6.45) is 5.88. The van der Waals surface area contributed by atoms with Crippen LogP contribution in [0.2, 0.25) is 0 Å². The van der Waals surface area contributed by atoms with Crippen LogP contribution in [-0.2, 0) is 26.5 Å². The predicted molar refractivity (Wildman–Crippen MR) is 300 cm³/mol. The molecule has 0 aliphatic heterocycles. The van der Waals surface area contributed by atoms with Gasteiger partial charge in [0.2, 0.25) is 5.78 Å². The van der Waals surface area contributed by atoms with E-state index in [2.05, 4.69) is 244 Å². The van der Waals surface area contributed by atoms with Crippen molar-refractivity contribution in [2.75, 3.05) is 0 Å². The number of ether oxygens (including phenoxy) is 1. The van der Waals surface area contributed by atoms with Crippen LogP contribution >= 0.6 is 0 Å². The zero-order chi connectivity index (χ0) is 49.9. The number of aromatic nitrogens is 8. The number of benzene rings is 9. The Hall–Kier alpha value is -9.17. The number of para-hydroxylation sites is 7. The van der Waals surface area contributed by atoms with Gasteiger partial charge in [0.05, 0.1) is 38.8 Å². The first-order valence-electron chi connectivity index (χ1n) is 25.2. The molecule has 0 spiro atoms. The number of hydrogen-bond donors (Lipinski definition) is 0. The molecule has 15 rings (SSSR count). The molecule has 0 aliphatic rings. The molecule has 0 unspecified atom stereocenters. The summed E-state index contributed by atoms with van der Waals surface area (Å²) in [5, 5.41) is 3.07. The molecule has 0 saturated carbocycles. The van der Waals surface area contributed by atoms with E-state index < -0.39 is 0 Å². The first-order chi connectivity index (χ1) is 36.8. The quantitative estimate of drug-likeness (QED) is 0.123. The number of imidazole rings is 3. The second-order valence-electron chi connectivity index (χ2n) is 20.1. The van der Waals surface area contributed by atoms with Crippen LogP contribution in [0.3, 0.4) is 0 Å². The van der Waals surface area contributed by atoms with Gasteiger partial charge in [-0.25, -0.2) is 15.0 Å². The third kappa shape index (κ3) is 7.03. The fourth-order valence-electron chi connectivity index (χ4n) is 11.1. The van der Waals surface area contributed by atoms with Crippen molar-refractivity contribution in [1.82, 2.24) is 32.7 Å². The van der Waals surface area contributed by atoms with Crippen LogP contribution < -0.4 is 9.30 Å². The molecule has 6 heterocycles. The van der Waals surface area contributed by atoms with Gasteiger partial charge >= 0.3 is 0 Å². The molecule has 0 bridgehead atoms. The summed E-state index contributed by atoms with van der Waals surface area (Å²) < 4.78 is 18.0. The molecule has 0 fully saturated rings. The van der Waals surface area contributed by atoms with Crippen molar-refractivity contribution in [2.24, 2.45) is 0 Å². The van der Waals surface area contributed by atoms with Gasteiger partial charge in [0.15, 0.2) is 0 Å². The summed E-state index contributed by atoms with van der Waals surface area (Å²) in [5.41, 5.74) is 16.0. The van der Waals surface area contributed by atoms with E-state index in [9.17, 15) is 0 Å². The zero-order valence-electron chi connectivity index (χ0n) is 41.5. The van der Waals surface area contributed by atoms with Crippen LogP contribution in [0.15, 0.2) is 212 Å². The van der Waals surface area contributed by atoms with Gasteiger partial charge in [0.25, 0.3) is 6.33 Å². The van der Waals surface area contributed by atoms with Crippen molar-refractivity contribution in [3.8, 4) is 45.3 Å². The molecule has 0 N–H and O–H groups in total. The van der Waals surface area contributed by atoms with Gasteiger partial charge < -0.3 is 18.1 Å². The van der Waals surface area contributed by atoms with E-state index in [1.165, 1.54) is 5.56 Å². The minimum absolute atomic E-state index is 0. The predicted octanol–water partition coefficient (Wildman–Crippen LogP) is 15.0. The van der Waals surface area contributed by atoms with E-state index in [1.54, 1.807) is 0 Å².